The average molecular weight is 254 g/mol. The quantitative estimate of drug-likeness (QED) is 0.788. The molecule has 1 aliphatic heterocycles. The highest BCUT2D eigenvalue weighted by Crippen LogP contribution is 2.28. The Kier molecular flexibility index (Phi) is 5.93. The highest BCUT2D eigenvalue weighted by atomic mass is 16.5. The van der Waals surface area contributed by atoms with Crippen molar-refractivity contribution in [2.45, 2.75) is 70.6 Å². The maximum atomic E-state index is 5.95. The van der Waals surface area contributed by atoms with Crippen molar-refractivity contribution in [1.29, 1.82) is 0 Å². The SMILES string of the molecule is CCCC(CN1CCOC2CCCCC21)NCC. The zero-order valence-corrected chi connectivity index (χ0v) is 12.2. The first-order chi connectivity index (χ1) is 8.85. The van der Waals surface area contributed by atoms with Gasteiger partial charge in [0, 0.05) is 25.2 Å². The van der Waals surface area contributed by atoms with Gasteiger partial charge < -0.3 is 10.1 Å². The van der Waals surface area contributed by atoms with E-state index in [4.69, 9.17) is 4.74 Å². The van der Waals surface area contributed by atoms with Gasteiger partial charge in [-0.1, -0.05) is 33.1 Å². The fourth-order valence-electron chi connectivity index (χ4n) is 3.58. The lowest BCUT2D eigenvalue weighted by molar-refractivity contribution is -0.0903. The van der Waals surface area contributed by atoms with Gasteiger partial charge in [0.15, 0.2) is 0 Å². The summed E-state index contributed by atoms with van der Waals surface area (Å²) in [7, 11) is 0. The lowest BCUT2D eigenvalue weighted by Gasteiger charge is -2.45. The normalized spacial score (nSPS) is 31.0. The van der Waals surface area contributed by atoms with E-state index in [1.54, 1.807) is 0 Å². The molecular formula is C15H30N2O. The second-order valence-corrected chi connectivity index (χ2v) is 5.80. The summed E-state index contributed by atoms with van der Waals surface area (Å²) < 4.78 is 5.95. The Hall–Kier alpha value is -0.120. The number of rotatable bonds is 6. The molecule has 1 saturated heterocycles. The predicted molar refractivity (Wildman–Crippen MR) is 75.9 cm³/mol. The van der Waals surface area contributed by atoms with Crippen LogP contribution in [0.5, 0.6) is 0 Å². The van der Waals surface area contributed by atoms with Gasteiger partial charge in [-0.25, -0.2) is 0 Å². The number of ether oxygens (including phenoxy) is 1. The second kappa shape index (κ2) is 7.46. The van der Waals surface area contributed by atoms with Crippen molar-refractivity contribution in [3.8, 4) is 0 Å². The lowest BCUT2D eigenvalue weighted by atomic mass is 9.89. The Bertz CT molecular complexity index is 227. The average Bonchev–Trinajstić information content (AvgIpc) is 2.40. The van der Waals surface area contributed by atoms with Crippen molar-refractivity contribution < 1.29 is 4.74 Å². The largest absolute Gasteiger partial charge is 0.375 e. The van der Waals surface area contributed by atoms with Gasteiger partial charge in [0.1, 0.15) is 0 Å². The molecule has 0 aromatic rings. The minimum absolute atomic E-state index is 0.524. The van der Waals surface area contributed by atoms with E-state index in [0.717, 1.165) is 19.7 Å². The summed E-state index contributed by atoms with van der Waals surface area (Å²) in [6.45, 7) is 8.87. The molecule has 1 aliphatic carbocycles. The molecule has 0 amide bonds. The minimum Gasteiger partial charge on any atom is -0.375 e. The van der Waals surface area contributed by atoms with Gasteiger partial charge in [-0.15, -0.1) is 0 Å². The molecule has 106 valence electrons. The maximum Gasteiger partial charge on any atom is 0.0730 e. The summed E-state index contributed by atoms with van der Waals surface area (Å²) in [6.07, 6.45) is 8.47. The van der Waals surface area contributed by atoms with Crippen LogP contribution in [0.3, 0.4) is 0 Å². The van der Waals surface area contributed by atoms with Crippen LogP contribution in [0.25, 0.3) is 0 Å². The summed E-state index contributed by atoms with van der Waals surface area (Å²) in [5.74, 6) is 0. The van der Waals surface area contributed by atoms with Gasteiger partial charge in [0.05, 0.1) is 12.7 Å². The summed E-state index contributed by atoms with van der Waals surface area (Å²) in [5, 5.41) is 3.64. The van der Waals surface area contributed by atoms with Crippen LogP contribution >= 0.6 is 0 Å². The summed E-state index contributed by atoms with van der Waals surface area (Å²) in [4.78, 5) is 2.70. The molecule has 0 aromatic heterocycles. The van der Waals surface area contributed by atoms with Crippen LogP contribution in [-0.4, -0.2) is 49.3 Å². The Morgan fingerprint density at radius 1 is 1.28 bits per heavy atom. The zero-order chi connectivity index (χ0) is 12.8. The first-order valence-electron chi connectivity index (χ1n) is 7.94. The molecule has 1 saturated carbocycles. The molecule has 0 aromatic carbocycles. The van der Waals surface area contributed by atoms with Crippen LogP contribution in [0, 0.1) is 0 Å². The van der Waals surface area contributed by atoms with Gasteiger partial charge in [-0.3, -0.25) is 4.90 Å². The van der Waals surface area contributed by atoms with Crippen LogP contribution in [0.2, 0.25) is 0 Å². The Morgan fingerprint density at radius 2 is 2.11 bits per heavy atom. The number of nitrogens with zero attached hydrogens (tertiary/aromatic N) is 1. The van der Waals surface area contributed by atoms with Crippen LogP contribution in [0.15, 0.2) is 0 Å². The first kappa shape index (κ1) is 14.3. The molecule has 0 bridgehead atoms. The van der Waals surface area contributed by atoms with E-state index >= 15 is 0 Å². The predicted octanol–water partition coefficient (Wildman–Crippen LogP) is 2.41. The van der Waals surface area contributed by atoms with Crippen LogP contribution in [0.4, 0.5) is 0 Å². The van der Waals surface area contributed by atoms with Gasteiger partial charge in [-0.05, 0) is 25.8 Å². The topological polar surface area (TPSA) is 24.5 Å². The van der Waals surface area contributed by atoms with E-state index < -0.39 is 0 Å². The first-order valence-corrected chi connectivity index (χ1v) is 7.94. The zero-order valence-electron chi connectivity index (χ0n) is 12.2. The van der Waals surface area contributed by atoms with E-state index in [-0.39, 0.29) is 0 Å². The van der Waals surface area contributed by atoms with Crippen molar-refractivity contribution in [2.75, 3.05) is 26.2 Å². The standard InChI is InChI=1S/C15H30N2O/c1-3-7-13(16-4-2)12-17-10-11-18-15-9-6-5-8-14(15)17/h13-16H,3-12H2,1-2H3. The molecule has 3 atom stereocenters. The van der Waals surface area contributed by atoms with Crippen molar-refractivity contribution in [2.24, 2.45) is 0 Å². The Labute approximate surface area is 112 Å². The molecule has 3 heteroatoms. The maximum absolute atomic E-state index is 5.95. The number of likely N-dealkylation sites (N-methyl/N-ethyl adjacent to an activating group) is 1. The number of morpholine rings is 1. The van der Waals surface area contributed by atoms with E-state index in [1.165, 1.54) is 45.1 Å². The van der Waals surface area contributed by atoms with E-state index in [2.05, 4.69) is 24.1 Å². The number of hydrogen-bond donors (Lipinski definition) is 1. The van der Waals surface area contributed by atoms with Crippen molar-refractivity contribution >= 4 is 0 Å². The van der Waals surface area contributed by atoms with E-state index in [0.29, 0.717) is 18.2 Å². The molecule has 3 unspecified atom stereocenters. The molecule has 0 spiro atoms. The van der Waals surface area contributed by atoms with Crippen LogP contribution < -0.4 is 5.32 Å². The van der Waals surface area contributed by atoms with Crippen LogP contribution in [0.1, 0.15) is 52.4 Å². The molecule has 1 heterocycles. The number of fused-ring (bicyclic) bond motifs is 1. The van der Waals surface area contributed by atoms with Gasteiger partial charge in [0.25, 0.3) is 0 Å². The molecule has 18 heavy (non-hydrogen) atoms. The lowest BCUT2D eigenvalue weighted by Crippen LogP contribution is -2.56. The third-order valence-electron chi connectivity index (χ3n) is 4.43. The van der Waals surface area contributed by atoms with E-state index in [1.807, 2.05) is 0 Å². The molecule has 3 nitrogen and oxygen atoms in total. The van der Waals surface area contributed by atoms with Crippen molar-refractivity contribution in [1.82, 2.24) is 10.2 Å². The molecule has 2 aliphatic rings. The molecule has 0 radical (unpaired) electrons. The molecule has 2 rings (SSSR count). The van der Waals surface area contributed by atoms with E-state index in [9.17, 15) is 0 Å². The summed E-state index contributed by atoms with van der Waals surface area (Å²) in [6, 6.07) is 1.37. The molecule has 1 N–H and O–H groups in total. The highest BCUT2D eigenvalue weighted by molar-refractivity contribution is 4.89. The Balaban J connectivity index is 1.88. The number of hydrogen-bond acceptors (Lipinski definition) is 3. The number of nitrogens with one attached hydrogen (secondary N) is 1. The Morgan fingerprint density at radius 3 is 2.89 bits per heavy atom. The third kappa shape index (κ3) is 3.69. The fourth-order valence-corrected chi connectivity index (χ4v) is 3.58. The van der Waals surface area contributed by atoms with Gasteiger partial charge >= 0.3 is 0 Å². The molecule has 2 fully saturated rings. The monoisotopic (exact) mass is 254 g/mol. The fraction of sp³-hybridized carbons (Fsp3) is 1.00. The minimum atomic E-state index is 0.524. The van der Waals surface area contributed by atoms with Crippen LogP contribution in [-0.2, 0) is 4.74 Å². The highest BCUT2D eigenvalue weighted by Gasteiger charge is 2.34. The summed E-state index contributed by atoms with van der Waals surface area (Å²) in [5.41, 5.74) is 0. The smallest absolute Gasteiger partial charge is 0.0730 e. The third-order valence-corrected chi connectivity index (χ3v) is 4.43. The van der Waals surface area contributed by atoms with Crippen molar-refractivity contribution in [3.63, 3.8) is 0 Å². The summed E-state index contributed by atoms with van der Waals surface area (Å²) >= 11 is 0. The molecular weight excluding hydrogens is 224 g/mol. The second-order valence-electron chi connectivity index (χ2n) is 5.80. The van der Waals surface area contributed by atoms with Gasteiger partial charge in [0.2, 0.25) is 0 Å². The van der Waals surface area contributed by atoms with Gasteiger partial charge in [-0.2, -0.15) is 0 Å². The van der Waals surface area contributed by atoms with Crippen molar-refractivity contribution in [3.05, 3.63) is 0 Å².